The van der Waals surface area contributed by atoms with Gasteiger partial charge in [-0.1, -0.05) is 12.2 Å². The van der Waals surface area contributed by atoms with Crippen molar-refractivity contribution in [2.45, 2.75) is 18.9 Å². The normalized spacial score (nSPS) is 31.7. The van der Waals surface area contributed by atoms with Gasteiger partial charge in [0.1, 0.15) is 0 Å². The summed E-state index contributed by atoms with van der Waals surface area (Å²) >= 11 is 0. The Kier molecular flexibility index (Phi) is 3.38. The van der Waals surface area contributed by atoms with Crippen molar-refractivity contribution in [3.63, 3.8) is 0 Å². The van der Waals surface area contributed by atoms with E-state index in [0.29, 0.717) is 0 Å². The summed E-state index contributed by atoms with van der Waals surface area (Å²) in [4.78, 5) is 14.1. The number of hydrogen-bond donors (Lipinski definition) is 2. The van der Waals surface area contributed by atoms with Gasteiger partial charge in [0, 0.05) is 25.7 Å². The first-order valence-corrected chi connectivity index (χ1v) is 5.71. The largest absolute Gasteiger partial charge is 0.341 e. The van der Waals surface area contributed by atoms with Crippen molar-refractivity contribution >= 4 is 5.91 Å². The fourth-order valence-corrected chi connectivity index (χ4v) is 2.21. The number of nitrogens with zero attached hydrogens (tertiary/aromatic N) is 1. The molecule has 0 saturated carbocycles. The predicted octanol–water partition coefficient (Wildman–Crippen LogP) is -0.288. The SMILES string of the molecule is NC1C=CC(C(=O)N2CCCNCC2)C1. The highest BCUT2D eigenvalue weighted by molar-refractivity contribution is 5.81. The van der Waals surface area contributed by atoms with Gasteiger partial charge in [0.15, 0.2) is 0 Å². The lowest BCUT2D eigenvalue weighted by atomic mass is 10.1. The van der Waals surface area contributed by atoms with Crippen LogP contribution >= 0.6 is 0 Å². The maximum absolute atomic E-state index is 12.1. The lowest BCUT2D eigenvalue weighted by Gasteiger charge is -2.23. The third-order valence-electron chi connectivity index (χ3n) is 3.09. The molecular formula is C11H19N3O. The lowest BCUT2D eigenvalue weighted by Crippen LogP contribution is -2.38. The van der Waals surface area contributed by atoms with Gasteiger partial charge in [-0.15, -0.1) is 0 Å². The van der Waals surface area contributed by atoms with Crippen LogP contribution in [0.25, 0.3) is 0 Å². The number of nitrogens with two attached hydrogens (primary N) is 1. The summed E-state index contributed by atoms with van der Waals surface area (Å²) in [6.45, 7) is 3.64. The van der Waals surface area contributed by atoms with Gasteiger partial charge in [0.25, 0.3) is 0 Å². The van der Waals surface area contributed by atoms with Crippen LogP contribution in [0.4, 0.5) is 0 Å². The summed E-state index contributed by atoms with van der Waals surface area (Å²) in [5, 5.41) is 3.29. The number of rotatable bonds is 1. The molecule has 15 heavy (non-hydrogen) atoms. The summed E-state index contributed by atoms with van der Waals surface area (Å²) < 4.78 is 0. The van der Waals surface area contributed by atoms with E-state index >= 15 is 0 Å². The van der Waals surface area contributed by atoms with Crippen LogP contribution in [-0.4, -0.2) is 43.0 Å². The van der Waals surface area contributed by atoms with Crippen LogP contribution in [0.15, 0.2) is 12.2 Å². The van der Waals surface area contributed by atoms with Gasteiger partial charge in [-0.3, -0.25) is 4.79 Å². The molecule has 4 heteroatoms. The summed E-state index contributed by atoms with van der Waals surface area (Å²) in [6, 6.07) is 0.0732. The Bertz CT molecular complexity index is 257. The molecule has 0 bridgehead atoms. The van der Waals surface area contributed by atoms with E-state index in [-0.39, 0.29) is 17.9 Å². The molecule has 0 aromatic carbocycles. The molecule has 4 nitrogen and oxygen atoms in total. The van der Waals surface area contributed by atoms with Gasteiger partial charge < -0.3 is 16.0 Å². The van der Waals surface area contributed by atoms with Crippen LogP contribution in [0.3, 0.4) is 0 Å². The first kappa shape index (κ1) is 10.6. The zero-order chi connectivity index (χ0) is 10.7. The van der Waals surface area contributed by atoms with Crippen LogP contribution in [-0.2, 0) is 4.79 Å². The highest BCUT2D eigenvalue weighted by Crippen LogP contribution is 2.19. The Morgan fingerprint density at radius 3 is 2.93 bits per heavy atom. The van der Waals surface area contributed by atoms with Crippen molar-refractivity contribution in [1.29, 1.82) is 0 Å². The quantitative estimate of drug-likeness (QED) is 0.584. The average molecular weight is 209 g/mol. The molecule has 1 aliphatic heterocycles. The van der Waals surface area contributed by atoms with Gasteiger partial charge in [0.05, 0.1) is 5.92 Å². The first-order chi connectivity index (χ1) is 7.27. The molecule has 84 valence electrons. The molecule has 3 N–H and O–H groups in total. The number of amides is 1. The molecular weight excluding hydrogens is 190 g/mol. The Morgan fingerprint density at radius 2 is 2.20 bits per heavy atom. The topological polar surface area (TPSA) is 58.4 Å². The van der Waals surface area contributed by atoms with Crippen molar-refractivity contribution in [2.75, 3.05) is 26.2 Å². The second kappa shape index (κ2) is 4.77. The number of carbonyl (C=O) groups excluding carboxylic acids is 1. The minimum Gasteiger partial charge on any atom is -0.341 e. The van der Waals surface area contributed by atoms with Crippen LogP contribution in [0, 0.1) is 5.92 Å². The summed E-state index contributed by atoms with van der Waals surface area (Å²) in [5.74, 6) is 0.279. The van der Waals surface area contributed by atoms with E-state index in [0.717, 1.165) is 39.0 Å². The zero-order valence-corrected chi connectivity index (χ0v) is 8.98. The van der Waals surface area contributed by atoms with Crippen molar-refractivity contribution in [1.82, 2.24) is 10.2 Å². The fourth-order valence-electron chi connectivity index (χ4n) is 2.21. The van der Waals surface area contributed by atoms with Gasteiger partial charge in [-0.25, -0.2) is 0 Å². The molecule has 0 spiro atoms. The summed E-state index contributed by atoms with van der Waals surface area (Å²) in [6.07, 6.45) is 5.74. The highest BCUT2D eigenvalue weighted by atomic mass is 16.2. The number of hydrogen-bond acceptors (Lipinski definition) is 3. The van der Waals surface area contributed by atoms with E-state index in [1.165, 1.54) is 0 Å². The molecule has 0 aromatic rings. The van der Waals surface area contributed by atoms with Gasteiger partial charge in [-0.05, 0) is 19.4 Å². The van der Waals surface area contributed by atoms with E-state index in [1.54, 1.807) is 0 Å². The van der Waals surface area contributed by atoms with Crippen LogP contribution in [0.5, 0.6) is 0 Å². The Hall–Kier alpha value is -0.870. The molecule has 2 rings (SSSR count). The van der Waals surface area contributed by atoms with Crippen LogP contribution in [0.1, 0.15) is 12.8 Å². The van der Waals surface area contributed by atoms with Crippen LogP contribution in [0.2, 0.25) is 0 Å². The summed E-state index contributed by atoms with van der Waals surface area (Å²) in [7, 11) is 0. The Morgan fingerprint density at radius 1 is 1.33 bits per heavy atom. The molecule has 0 radical (unpaired) electrons. The number of carbonyl (C=O) groups is 1. The molecule has 1 saturated heterocycles. The smallest absolute Gasteiger partial charge is 0.229 e. The fraction of sp³-hybridized carbons (Fsp3) is 0.727. The number of nitrogens with one attached hydrogen (secondary N) is 1. The van der Waals surface area contributed by atoms with Gasteiger partial charge in [0.2, 0.25) is 5.91 Å². The maximum Gasteiger partial charge on any atom is 0.229 e. The molecule has 1 heterocycles. The predicted molar refractivity (Wildman–Crippen MR) is 59.3 cm³/mol. The van der Waals surface area contributed by atoms with Crippen LogP contribution < -0.4 is 11.1 Å². The first-order valence-electron chi connectivity index (χ1n) is 5.71. The van der Waals surface area contributed by atoms with Crippen molar-refractivity contribution in [3.8, 4) is 0 Å². The Balaban J connectivity index is 1.91. The third kappa shape index (κ3) is 2.58. The molecule has 2 atom stereocenters. The van der Waals surface area contributed by atoms with Crippen molar-refractivity contribution in [2.24, 2.45) is 11.7 Å². The standard InChI is InChI=1S/C11H19N3O/c12-10-3-2-9(8-10)11(15)14-6-1-4-13-5-7-14/h2-3,9-10,13H,1,4-8,12H2. The minimum atomic E-state index is 0.0260. The van der Waals surface area contributed by atoms with E-state index in [2.05, 4.69) is 5.32 Å². The lowest BCUT2D eigenvalue weighted by molar-refractivity contribution is -0.133. The second-order valence-electron chi connectivity index (χ2n) is 4.32. The minimum absolute atomic E-state index is 0.0260. The van der Waals surface area contributed by atoms with Crippen molar-refractivity contribution < 1.29 is 4.79 Å². The zero-order valence-electron chi connectivity index (χ0n) is 8.98. The molecule has 2 aliphatic rings. The Labute approximate surface area is 90.5 Å². The molecule has 2 unspecified atom stereocenters. The van der Waals surface area contributed by atoms with Crippen molar-refractivity contribution in [3.05, 3.63) is 12.2 Å². The van der Waals surface area contributed by atoms with E-state index in [1.807, 2.05) is 17.1 Å². The maximum atomic E-state index is 12.1. The second-order valence-corrected chi connectivity index (χ2v) is 4.32. The molecule has 1 aliphatic carbocycles. The van der Waals surface area contributed by atoms with Gasteiger partial charge in [-0.2, -0.15) is 0 Å². The highest BCUT2D eigenvalue weighted by Gasteiger charge is 2.27. The monoisotopic (exact) mass is 209 g/mol. The average Bonchev–Trinajstić information content (AvgIpc) is 2.53. The molecule has 0 aromatic heterocycles. The third-order valence-corrected chi connectivity index (χ3v) is 3.09. The van der Waals surface area contributed by atoms with Gasteiger partial charge >= 0.3 is 0 Å². The van der Waals surface area contributed by atoms with E-state index in [9.17, 15) is 4.79 Å². The summed E-state index contributed by atoms with van der Waals surface area (Å²) in [5.41, 5.74) is 5.75. The molecule has 1 amide bonds. The van der Waals surface area contributed by atoms with E-state index in [4.69, 9.17) is 5.73 Å². The van der Waals surface area contributed by atoms with E-state index < -0.39 is 0 Å². The molecule has 1 fully saturated rings.